The number of likely N-dealkylation sites (tertiary alicyclic amines) is 1. The van der Waals surface area contributed by atoms with Crippen molar-refractivity contribution in [3.63, 3.8) is 0 Å². The third-order valence-corrected chi connectivity index (χ3v) is 5.74. The number of rotatable bonds is 5. The van der Waals surface area contributed by atoms with Crippen molar-refractivity contribution in [2.45, 2.75) is 25.2 Å². The molecule has 0 spiro atoms. The molecule has 1 aromatic heterocycles. The molecule has 2 heterocycles. The summed E-state index contributed by atoms with van der Waals surface area (Å²) in [5, 5.41) is 0.717. The minimum absolute atomic E-state index is 0.157. The van der Waals surface area contributed by atoms with Gasteiger partial charge in [-0.15, -0.1) is 0 Å². The molecule has 140 valence electrons. The van der Waals surface area contributed by atoms with Crippen LogP contribution in [0.1, 0.15) is 31.2 Å². The summed E-state index contributed by atoms with van der Waals surface area (Å²) in [6.45, 7) is 8.46. The normalized spacial score (nSPS) is 16.4. The second-order valence-electron chi connectivity index (χ2n) is 7.01. The fourth-order valence-electron chi connectivity index (χ4n) is 4.02. The summed E-state index contributed by atoms with van der Waals surface area (Å²) < 4.78 is 5.62. The summed E-state index contributed by atoms with van der Waals surface area (Å²) in [5.74, 6) is 1.77. The lowest BCUT2D eigenvalue weighted by Gasteiger charge is -2.42. The molecule has 3 aromatic rings. The highest BCUT2D eigenvalue weighted by atomic mass is 35.5. The van der Waals surface area contributed by atoms with E-state index in [1.807, 2.05) is 25.1 Å². The Balaban J connectivity index is 1.73. The van der Waals surface area contributed by atoms with E-state index in [1.54, 1.807) is 0 Å². The van der Waals surface area contributed by atoms with Gasteiger partial charge in [-0.25, -0.2) is 4.98 Å². The van der Waals surface area contributed by atoms with Crippen LogP contribution >= 0.6 is 11.6 Å². The second-order valence-corrected chi connectivity index (χ2v) is 7.45. The van der Waals surface area contributed by atoms with Gasteiger partial charge in [-0.1, -0.05) is 41.9 Å². The van der Waals surface area contributed by atoms with Crippen LogP contribution in [0, 0.1) is 0 Å². The molecule has 0 radical (unpaired) electrons. The van der Waals surface area contributed by atoms with E-state index in [1.165, 1.54) is 5.56 Å². The Morgan fingerprint density at radius 2 is 1.96 bits per heavy atom. The van der Waals surface area contributed by atoms with Crippen molar-refractivity contribution in [1.82, 2.24) is 14.9 Å². The number of H-pyrrole nitrogens is 1. The van der Waals surface area contributed by atoms with Crippen molar-refractivity contribution >= 4 is 22.6 Å². The van der Waals surface area contributed by atoms with Gasteiger partial charge in [-0.3, -0.25) is 0 Å². The number of halogens is 1. The zero-order valence-corrected chi connectivity index (χ0v) is 16.3. The van der Waals surface area contributed by atoms with Crippen LogP contribution in [0.25, 0.3) is 11.0 Å². The molecule has 0 aliphatic carbocycles. The molecule has 4 rings (SSSR count). The lowest BCUT2D eigenvalue weighted by molar-refractivity contribution is 0.0923. The third-order valence-electron chi connectivity index (χ3n) is 5.50. The van der Waals surface area contributed by atoms with Crippen molar-refractivity contribution in [2.24, 2.45) is 0 Å². The van der Waals surface area contributed by atoms with Crippen LogP contribution in [-0.2, 0) is 10.2 Å². The molecule has 0 atom stereocenters. The fraction of sp³-hybridized carbons (Fsp3) is 0.318. The highest BCUT2D eigenvalue weighted by molar-refractivity contribution is 6.31. The number of hydrogen-bond donors (Lipinski definition) is 1. The summed E-state index contributed by atoms with van der Waals surface area (Å²) in [6.07, 6.45) is 1.88. The summed E-state index contributed by atoms with van der Waals surface area (Å²) in [5.41, 5.74) is 3.06. The number of imidazole rings is 1. The van der Waals surface area contributed by atoms with Gasteiger partial charge in [-0.2, -0.15) is 0 Å². The Morgan fingerprint density at radius 3 is 2.67 bits per heavy atom. The molecular weight excluding hydrogens is 358 g/mol. The van der Waals surface area contributed by atoms with E-state index in [0.29, 0.717) is 11.6 Å². The van der Waals surface area contributed by atoms with Gasteiger partial charge in [0.1, 0.15) is 5.82 Å². The highest BCUT2D eigenvalue weighted by Gasteiger charge is 2.40. The van der Waals surface area contributed by atoms with Gasteiger partial charge in [0.15, 0.2) is 5.88 Å². The van der Waals surface area contributed by atoms with Gasteiger partial charge in [0.2, 0.25) is 0 Å². The topological polar surface area (TPSA) is 41.1 Å². The van der Waals surface area contributed by atoms with Crippen molar-refractivity contribution < 1.29 is 4.74 Å². The van der Waals surface area contributed by atoms with E-state index in [-0.39, 0.29) is 5.41 Å². The van der Waals surface area contributed by atoms with Gasteiger partial charge >= 0.3 is 0 Å². The van der Waals surface area contributed by atoms with E-state index in [0.717, 1.165) is 48.7 Å². The molecule has 0 saturated carbocycles. The van der Waals surface area contributed by atoms with Crippen LogP contribution in [0.4, 0.5) is 0 Å². The van der Waals surface area contributed by atoms with Crippen molar-refractivity contribution in [1.29, 1.82) is 0 Å². The Labute approximate surface area is 164 Å². The third kappa shape index (κ3) is 3.30. The first-order valence-corrected chi connectivity index (χ1v) is 9.78. The highest BCUT2D eigenvalue weighted by Crippen LogP contribution is 2.41. The summed E-state index contributed by atoms with van der Waals surface area (Å²) >= 11 is 6.17. The summed E-state index contributed by atoms with van der Waals surface area (Å²) in [7, 11) is 0. The first-order valence-electron chi connectivity index (χ1n) is 9.40. The lowest BCUT2D eigenvalue weighted by Crippen LogP contribution is -2.43. The Morgan fingerprint density at radius 1 is 1.22 bits per heavy atom. The standard InChI is InChI=1S/C22H24ClN3O/c1-3-27-16(2)26-13-11-22(12-14-26,17-7-5-4-6-8-17)21-24-19-10-9-18(23)15-20(19)25-21/h4-10,15H,2-3,11-14H2,1H3,(H,24,25). The first-order chi connectivity index (χ1) is 13.1. The Hall–Kier alpha value is -2.46. The largest absolute Gasteiger partial charge is 0.480 e. The molecule has 1 N–H and O–H groups in total. The van der Waals surface area contributed by atoms with E-state index in [9.17, 15) is 0 Å². The van der Waals surface area contributed by atoms with Crippen molar-refractivity contribution in [2.75, 3.05) is 19.7 Å². The molecule has 1 aliphatic rings. The quantitative estimate of drug-likeness (QED) is 0.624. The zero-order valence-electron chi connectivity index (χ0n) is 15.5. The van der Waals surface area contributed by atoms with Crippen LogP contribution in [0.2, 0.25) is 5.02 Å². The summed E-state index contributed by atoms with van der Waals surface area (Å²) in [6, 6.07) is 16.5. The zero-order chi connectivity index (χ0) is 18.9. The number of hydrogen-bond acceptors (Lipinski definition) is 3. The average Bonchev–Trinajstić information content (AvgIpc) is 3.12. The molecular formula is C22H24ClN3O. The number of benzene rings is 2. The van der Waals surface area contributed by atoms with E-state index in [2.05, 4.69) is 46.8 Å². The predicted octanol–water partition coefficient (Wildman–Crippen LogP) is 5.11. The van der Waals surface area contributed by atoms with E-state index < -0.39 is 0 Å². The number of fused-ring (bicyclic) bond motifs is 1. The number of aromatic nitrogens is 2. The summed E-state index contributed by atoms with van der Waals surface area (Å²) in [4.78, 5) is 10.7. The minimum Gasteiger partial charge on any atom is -0.480 e. The van der Waals surface area contributed by atoms with Gasteiger partial charge in [0, 0.05) is 18.1 Å². The van der Waals surface area contributed by atoms with Crippen molar-refractivity contribution in [3.8, 4) is 0 Å². The molecule has 1 aliphatic heterocycles. The van der Waals surface area contributed by atoms with Crippen LogP contribution < -0.4 is 0 Å². The average molecular weight is 382 g/mol. The van der Waals surface area contributed by atoms with E-state index >= 15 is 0 Å². The van der Waals surface area contributed by atoms with Gasteiger partial charge in [0.25, 0.3) is 0 Å². The number of ether oxygens (including phenoxy) is 1. The molecule has 27 heavy (non-hydrogen) atoms. The van der Waals surface area contributed by atoms with Gasteiger partial charge < -0.3 is 14.6 Å². The molecule has 1 fully saturated rings. The Kier molecular flexibility index (Phi) is 4.83. The van der Waals surface area contributed by atoms with Crippen LogP contribution in [-0.4, -0.2) is 34.6 Å². The fourth-order valence-corrected chi connectivity index (χ4v) is 4.20. The monoisotopic (exact) mass is 381 g/mol. The van der Waals surface area contributed by atoms with Crippen LogP contribution in [0.3, 0.4) is 0 Å². The maximum Gasteiger partial charge on any atom is 0.181 e. The molecule has 5 heteroatoms. The molecule has 0 amide bonds. The molecule has 0 unspecified atom stereocenters. The minimum atomic E-state index is -0.157. The van der Waals surface area contributed by atoms with Crippen molar-refractivity contribution in [3.05, 3.63) is 77.4 Å². The molecule has 2 aromatic carbocycles. The maximum absolute atomic E-state index is 6.17. The second kappa shape index (κ2) is 7.28. The maximum atomic E-state index is 6.17. The lowest BCUT2D eigenvalue weighted by atomic mass is 9.72. The smallest absolute Gasteiger partial charge is 0.181 e. The Bertz CT molecular complexity index is 943. The number of aromatic amines is 1. The van der Waals surface area contributed by atoms with Crippen LogP contribution in [0.5, 0.6) is 0 Å². The first kappa shape index (κ1) is 17.9. The predicted molar refractivity (Wildman–Crippen MR) is 110 cm³/mol. The SMILES string of the molecule is C=C(OCC)N1CCC(c2ccccc2)(c2nc3ccc(Cl)cc3[nH]2)CC1. The van der Waals surface area contributed by atoms with Crippen LogP contribution in [0.15, 0.2) is 61.0 Å². The van der Waals surface area contributed by atoms with Gasteiger partial charge in [-0.05, 0) is 50.1 Å². The number of nitrogens with zero attached hydrogens (tertiary/aromatic N) is 2. The molecule has 4 nitrogen and oxygen atoms in total. The van der Waals surface area contributed by atoms with Gasteiger partial charge in [0.05, 0.1) is 23.1 Å². The number of piperidine rings is 1. The number of nitrogens with one attached hydrogen (secondary N) is 1. The van der Waals surface area contributed by atoms with E-state index in [4.69, 9.17) is 21.3 Å². The molecule has 1 saturated heterocycles. The molecule has 0 bridgehead atoms.